The first-order valence-electron chi connectivity index (χ1n) is 8.67. The fourth-order valence-electron chi connectivity index (χ4n) is 4.22. The first-order chi connectivity index (χ1) is 10.3. The van der Waals surface area contributed by atoms with E-state index < -0.39 is 0 Å². The van der Waals surface area contributed by atoms with E-state index in [9.17, 15) is 4.79 Å². The van der Waals surface area contributed by atoms with E-state index in [0.717, 1.165) is 30.5 Å². The minimum absolute atomic E-state index is 0.298. The predicted octanol–water partition coefficient (Wildman–Crippen LogP) is 4.30. The number of carbonyl (C=O) groups is 1. The first-order valence-corrected chi connectivity index (χ1v) is 8.67. The molecule has 3 rings (SSSR count). The zero-order valence-electron chi connectivity index (χ0n) is 13.0. The fourth-order valence-corrected chi connectivity index (χ4v) is 4.22. The molecule has 1 atom stereocenters. The molecule has 0 bridgehead atoms. The summed E-state index contributed by atoms with van der Waals surface area (Å²) >= 11 is 0. The van der Waals surface area contributed by atoms with Gasteiger partial charge in [0.25, 0.3) is 0 Å². The number of nitrogens with zero attached hydrogens (tertiary/aromatic N) is 1. The molecule has 1 aromatic rings. The van der Waals surface area contributed by atoms with Crippen molar-refractivity contribution in [1.82, 2.24) is 4.90 Å². The molecule has 0 aromatic heterocycles. The monoisotopic (exact) mass is 285 g/mol. The summed E-state index contributed by atoms with van der Waals surface area (Å²) in [6, 6.07) is 10.5. The van der Waals surface area contributed by atoms with Gasteiger partial charge in [-0.2, -0.15) is 0 Å². The van der Waals surface area contributed by atoms with E-state index >= 15 is 0 Å². The Bertz CT molecular complexity index is 450. The number of hydrogen-bond acceptors (Lipinski definition) is 2. The van der Waals surface area contributed by atoms with Crippen LogP contribution in [0.4, 0.5) is 0 Å². The fraction of sp³-hybridized carbons (Fsp3) is 0.632. The van der Waals surface area contributed by atoms with Gasteiger partial charge in [0.1, 0.15) is 0 Å². The highest BCUT2D eigenvalue weighted by molar-refractivity contribution is 5.95. The van der Waals surface area contributed by atoms with Crippen molar-refractivity contribution < 1.29 is 4.79 Å². The van der Waals surface area contributed by atoms with Crippen molar-refractivity contribution >= 4 is 5.78 Å². The summed E-state index contributed by atoms with van der Waals surface area (Å²) in [6.45, 7) is 2.36. The summed E-state index contributed by atoms with van der Waals surface area (Å²) in [5.41, 5.74) is 0.867. The maximum absolute atomic E-state index is 12.1. The Kier molecular flexibility index (Phi) is 5.08. The van der Waals surface area contributed by atoms with Crippen LogP contribution in [-0.4, -0.2) is 29.8 Å². The highest BCUT2D eigenvalue weighted by Gasteiger charge is 2.32. The van der Waals surface area contributed by atoms with E-state index in [-0.39, 0.29) is 0 Å². The molecule has 2 heteroatoms. The molecule has 1 aliphatic heterocycles. The Morgan fingerprint density at radius 2 is 1.81 bits per heavy atom. The lowest BCUT2D eigenvalue weighted by molar-refractivity contribution is 0.0970. The second kappa shape index (κ2) is 7.22. The number of likely N-dealkylation sites (tertiary alicyclic amines) is 1. The second-order valence-electron chi connectivity index (χ2n) is 6.68. The number of rotatable bonds is 6. The molecular formula is C19H27NO. The van der Waals surface area contributed by atoms with Crippen LogP contribution in [0.25, 0.3) is 0 Å². The van der Waals surface area contributed by atoms with Crippen molar-refractivity contribution in [3.8, 4) is 0 Å². The second-order valence-corrected chi connectivity index (χ2v) is 6.68. The van der Waals surface area contributed by atoms with Crippen molar-refractivity contribution in [2.45, 2.75) is 57.4 Å². The van der Waals surface area contributed by atoms with Crippen molar-refractivity contribution in [3.05, 3.63) is 35.9 Å². The molecule has 1 heterocycles. The third kappa shape index (κ3) is 3.74. The minimum Gasteiger partial charge on any atom is -0.300 e. The molecule has 2 aliphatic rings. The first kappa shape index (κ1) is 14.8. The molecule has 0 amide bonds. The van der Waals surface area contributed by atoms with Crippen LogP contribution < -0.4 is 0 Å². The zero-order chi connectivity index (χ0) is 14.5. The predicted molar refractivity (Wildman–Crippen MR) is 86.6 cm³/mol. The van der Waals surface area contributed by atoms with Crippen molar-refractivity contribution in [2.24, 2.45) is 5.92 Å². The summed E-state index contributed by atoms with van der Waals surface area (Å²) in [5.74, 6) is 1.24. The number of Topliss-reactive ketones (excluding diaryl/α,β-unsaturated/α-hetero) is 1. The van der Waals surface area contributed by atoms with Crippen LogP contribution in [0.15, 0.2) is 30.3 Å². The largest absolute Gasteiger partial charge is 0.300 e. The third-order valence-corrected chi connectivity index (χ3v) is 5.30. The molecule has 1 aliphatic carbocycles. The van der Waals surface area contributed by atoms with E-state index in [0.29, 0.717) is 12.2 Å². The average Bonchev–Trinajstić information content (AvgIpc) is 3.18. The number of ketones is 1. The van der Waals surface area contributed by atoms with Crippen LogP contribution in [0.1, 0.15) is 61.7 Å². The molecule has 1 aromatic carbocycles. The van der Waals surface area contributed by atoms with Gasteiger partial charge in [0.2, 0.25) is 0 Å². The van der Waals surface area contributed by atoms with Gasteiger partial charge in [0.05, 0.1) is 0 Å². The van der Waals surface area contributed by atoms with Crippen molar-refractivity contribution in [1.29, 1.82) is 0 Å². The van der Waals surface area contributed by atoms with Gasteiger partial charge in [0, 0.05) is 18.0 Å². The third-order valence-electron chi connectivity index (χ3n) is 5.30. The Hall–Kier alpha value is -1.15. The van der Waals surface area contributed by atoms with E-state index in [1.807, 2.05) is 30.3 Å². The van der Waals surface area contributed by atoms with Crippen LogP contribution >= 0.6 is 0 Å². The van der Waals surface area contributed by atoms with Gasteiger partial charge in [-0.05, 0) is 51.1 Å². The lowest BCUT2D eigenvalue weighted by Crippen LogP contribution is -2.35. The molecule has 2 fully saturated rings. The van der Waals surface area contributed by atoms with Crippen molar-refractivity contribution in [3.63, 3.8) is 0 Å². The van der Waals surface area contributed by atoms with Gasteiger partial charge in [-0.25, -0.2) is 0 Å². The summed E-state index contributed by atoms with van der Waals surface area (Å²) < 4.78 is 0. The molecule has 1 saturated heterocycles. The molecule has 0 N–H and O–H groups in total. The van der Waals surface area contributed by atoms with E-state index in [1.165, 1.54) is 45.1 Å². The zero-order valence-corrected chi connectivity index (χ0v) is 13.0. The number of benzene rings is 1. The number of carbonyl (C=O) groups excluding carboxylic acids is 1. The lowest BCUT2D eigenvalue weighted by atomic mass is 9.96. The van der Waals surface area contributed by atoms with Crippen LogP contribution in [-0.2, 0) is 0 Å². The Labute approximate surface area is 128 Å². The summed E-state index contributed by atoms with van der Waals surface area (Å²) in [6.07, 6.45) is 10.2. The quantitative estimate of drug-likeness (QED) is 0.726. The highest BCUT2D eigenvalue weighted by atomic mass is 16.1. The SMILES string of the molecule is O=C(CCCN1CCCC1C1CCCC1)c1ccccc1. The smallest absolute Gasteiger partial charge is 0.162 e. The van der Waals surface area contributed by atoms with Gasteiger partial charge in [0.15, 0.2) is 5.78 Å². The Morgan fingerprint density at radius 1 is 1.05 bits per heavy atom. The molecule has 1 unspecified atom stereocenters. The molecule has 0 radical (unpaired) electrons. The number of hydrogen-bond donors (Lipinski definition) is 0. The molecule has 1 saturated carbocycles. The standard InChI is InChI=1S/C19H27NO/c21-19(17-10-2-1-3-11-17)13-7-15-20-14-6-12-18(20)16-8-4-5-9-16/h1-3,10-11,16,18H,4-9,12-15H2. The molecule has 114 valence electrons. The normalized spacial score (nSPS) is 23.7. The van der Waals surface area contributed by atoms with Crippen molar-refractivity contribution in [2.75, 3.05) is 13.1 Å². The summed E-state index contributed by atoms with van der Waals surface area (Å²) in [5, 5.41) is 0. The Morgan fingerprint density at radius 3 is 2.57 bits per heavy atom. The van der Waals surface area contributed by atoms with E-state index in [4.69, 9.17) is 0 Å². The molecule has 0 spiro atoms. The minimum atomic E-state index is 0.298. The van der Waals surface area contributed by atoms with Gasteiger partial charge in [-0.1, -0.05) is 43.2 Å². The summed E-state index contributed by atoms with van der Waals surface area (Å²) in [4.78, 5) is 14.8. The van der Waals surface area contributed by atoms with Gasteiger partial charge in [-0.15, -0.1) is 0 Å². The molecule has 2 nitrogen and oxygen atoms in total. The maximum atomic E-state index is 12.1. The molecular weight excluding hydrogens is 258 g/mol. The van der Waals surface area contributed by atoms with Crippen LogP contribution in [0.3, 0.4) is 0 Å². The Balaban J connectivity index is 1.45. The van der Waals surface area contributed by atoms with Crippen LogP contribution in [0, 0.1) is 5.92 Å². The topological polar surface area (TPSA) is 20.3 Å². The van der Waals surface area contributed by atoms with E-state index in [1.54, 1.807) is 0 Å². The van der Waals surface area contributed by atoms with Gasteiger partial charge >= 0.3 is 0 Å². The van der Waals surface area contributed by atoms with E-state index in [2.05, 4.69) is 4.90 Å². The maximum Gasteiger partial charge on any atom is 0.162 e. The summed E-state index contributed by atoms with van der Waals surface area (Å²) in [7, 11) is 0. The van der Waals surface area contributed by atoms with Gasteiger partial charge < -0.3 is 4.90 Å². The van der Waals surface area contributed by atoms with Crippen LogP contribution in [0.2, 0.25) is 0 Å². The van der Waals surface area contributed by atoms with Crippen LogP contribution in [0.5, 0.6) is 0 Å². The average molecular weight is 285 g/mol. The van der Waals surface area contributed by atoms with Gasteiger partial charge in [-0.3, -0.25) is 4.79 Å². The lowest BCUT2D eigenvalue weighted by Gasteiger charge is -2.29. The highest BCUT2D eigenvalue weighted by Crippen LogP contribution is 2.35. The molecule has 21 heavy (non-hydrogen) atoms.